The number of carbonyl (C=O) groups excluding carboxylic acids is 2. The van der Waals surface area contributed by atoms with Crippen molar-refractivity contribution in [2.24, 2.45) is 0 Å². The lowest BCUT2D eigenvalue weighted by Crippen LogP contribution is -2.41. The number of hydrogen-bond donors (Lipinski definition) is 4. The van der Waals surface area contributed by atoms with Crippen molar-refractivity contribution in [2.45, 2.75) is 25.9 Å². The van der Waals surface area contributed by atoms with Crippen LogP contribution in [0.25, 0.3) is 0 Å². The quantitative estimate of drug-likeness (QED) is 0.320. The van der Waals surface area contributed by atoms with Crippen LogP contribution in [-0.2, 0) is 19.2 Å². The summed E-state index contributed by atoms with van der Waals surface area (Å²) in [5, 5.41) is 22.3. The van der Waals surface area contributed by atoms with E-state index in [0.29, 0.717) is 0 Å². The number of carboxylic acids is 2. The van der Waals surface area contributed by atoms with Gasteiger partial charge in [-0.25, -0.2) is 9.59 Å². The maximum Gasteiger partial charge on any atom is 0.327 e. The Morgan fingerprint density at radius 3 is 1.43 bits per heavy atom. The van der Waals surface area contributed by atoms with E-state index in [1.54, 1.807) is 0 Å². The lowest BCUT2D eigenvalue weighted by atomic mass is 10.3. The molecule has 120 valence electrons. The molecule has 0 saturated carbocycles. The van der Waals surface area contributed by atoms with Crippen LogP contribution in [0.15, 0.2) is 0 Å². The summed E-state index contributed by atoms with van der Waals surface area (Å²) in [4.78, 5) is 43.3. The summed E-state index contributed by atoms with van der Waals surface area (Å²) < 4.78 is 0. The number of hydrogen-bond acceptors (Lipinski definition) is 7. The Morgan fingerprint density at radius 2 is 1.19 bits per heavy atom. The largest absolute Gasteiger partial charge is 0.480 e. The highest BCUT2D eigenvalue weighted by atomic mass is 33.5. The SMILES string of the molecule is CC(=O)N[C@@H](CSSSC[C@@H](NC(C)=O)C(=O)O)C(=O)O. The van der Waals surface area contributed by atoms with Crippen LogP contribution >= 0.6 is 31.4 Å². The van der Waals surface area contributed by atoms with Gasteiger partial charge in [0.05, 0.1) is 0 Å². The van der Waals surface area contributed by atoms with Gasteiger partial charge in [0.15, 0.2) is 0 Å². The first-order valence-electron chi connectivity index (χ1n) is 5.65. The second kappa shape index (κ2) is 10.6. The van der Waals surface area contributed by atoms with Crippen molar-refractivity contribution in [1.82, 2.24) is 10.6 Å². The van der Waals surface area contributed by atoms with E-state index in [1.807, 2.05) is 0 Å². The van der Waals surface area contributed by atoms with Gasteiger partial charge in [0, 0.05) is 25.4 Å². The summed E-state index contributed by atoms with van der Waals surface area (Å²) in [5.41, 5.74) is 0. The number of carboxylic acid groups (broad SMARTS) is 2. The Morgan fingerprint density at radius 1 is 0.857 bits per heavy atom. The lowest BCUT2D eigenvalue weighted by Gasteiger charge is -2.13. The Labute approximate surface area is 133 Å². The first-order valence-corrected chi connectivity index (χ1v) is 9.47. The molecular weight excluding hydrogens is 340 g/mol. The molecule has 0 bridgehead atoms. The maximum atomic E-state index is 10.8. The summed E-state index contributed by atoms with van der Waals surface area (Å²) in [7, 11) is 3.57. The van der Waals surface area contributed by atoms with E-state index in [0.717, 1.165) is 0 Å². The Bertz CT molecular complexity index is 370. The molecule has 0 aromatic heterocycles. The first kappa shape index (κ1) is 19.9. The van der Waals surface area contributed by atoms with E-state index < -0.39 is 35.8 Å². The zero-order chi connectivity index (χ0) is 16.4. The smallest absolute Gasteiger partial charge is 0.327 e. The Kier molecular flexibility index (Phi) is 10.1. The van der Waals surface area contributed by atoms with Crippen molar-refractivity contribution in [3.8, 4) is 0 Å². The van der Waals surface area contributed by atoms with E-state index in [4.69, 9.17) is 10.2 Å². The van der Waals surface area contributed by atoms with E-state index in [-0.39, 0.29) is 11.5 Å². The summed E-state index contributed by atoms with van der Waals surface area (Å²) >= 11 is 0. The molecule has 0 fully saturated rings. The second-order valence-corrected chi connectivity index (χ2v) is 8.14. The molecule has 11 heteroatoms. The fraction of sp³-hybridized carbons (Fsp3) is 0.600. The van der Waals surface area contributed by atoms with Crippen LogP contribution in [-0.4, -0.2) is 57.6 Å². The minimum absolute atomic E-state index is 0.143. The molecule has 8 nitrogen and oxygen atoms in total. The molecule has 0 aromatic carbocycles. The van der Waals surface area contributed by atoms with Crippen LogP contribution in [0.2, 0.25) is 0 Å². The van der Waals surface area contributed by atoms with Crippen molar-refractivity contribution in [2.75, 3.05) is 11.5 Å². The van der Waals surface area contributed by atoms with Gasteiger partial charge in [0.25, 0.3) is 0 Å². The van der Waals surface area contributed by atoms with Gasteiger partial charge in [-0.15, -0.1) is 0 Å². The first-order chi connectivity index (χ1) is 9.73. The van der Waals surface area contributed by atoms with E-state index in [9.17, 15) is 19.2 Å². The molecule has 0 aromatic rings. The molecule has 0 saturated heterocycles. The van der Waals surface area contributed by atoms with Gasteiger partial charge in [-0.3, -0.25) is 9.59 Å². The van der Waals surface area contributed by atoms with E-state index >= 15 is 0 Å². The molecule has 2 atom stereocenters. The molecule has 0 aliphatic heterocycles. The van der Waals surface area contributed by atoms with Gasteiger partial charge >= 0.3 is 11.9 Å². The lowest BCUT2D eigenvalue weighted by molar-refractivity contribution is -0.141. The third-order valence-corrected chi connectivity index (χ3v) is 6.17. The number of rotatable bonds is 10. The van der Waals surface area contributed by atoms with Gasteiger partial charge in [-0.2, -0.15) is 0 Å². The monoisotopic (exact) mass is 356 g/mol. The van der Waals surface area contributed by atoms with Crippen LogP contribution in [0.4, 0.5) is 0 Å². The number of amides is 2. The average molecular weight is 356 g/mol. The zero-order valence-corrected chi connectivity index (χ0v) is 13.8. The van der Waals surface area contributed by atoms with Crippen LogP contribution in [0.3, 0.4) is 0 Å². The molecule has 0 spiro atoms. The predicted octanol–water partition coefficient (Wildman–Crippen LogP) is 0.195. The minimum atomic E-state index is -1.13. The van der Waals surface area contributed by atoms with Crippen LogP contribution in [0.5, 0.6) is 0 Å². The molecule has 4 N–H and O–H groups in total. The molecule has 2 amide bonds. The second-order valence-electron chi connectivity index (χ2n) is 3.82. The number of aliphatic carboxylic acids is 2. The van der Waals surface area contributed by atoms with E-state index in [1.165, 1.54) is 45.3 Å². The normalized spacial score (nSPS) is 13.0. The van der Waals surface area contributed by atoms with Crippen LogP contribution in [0, 0.1) is 0 Å². The molecule has 0 rings (SSSR count). The third-order valence-electron chi connectivity index (χ3n) is 1.92. The van der Waals surface area contributed by atoms with Crippen molar-refractivity contribution in [1.29, 1.82) is 0 Å². The molecule has 0 radical (unpaired) electrons. The topological polar surface area (TPSA) is 133 Å². The fourth-order valence-electron chi connectivity index (χ4n) is 1.07. The molecule has 0 aliphatic rings. The fourth-order valence-corrected chi connectivity index (χ4v) is 4.94. The summed E-state index contributed by atoms with van der Waals surface area (Å²) in [6.07, 6.45) is 0. The van der Waals surface area contributed by atoms with Gasteiger partial charge in [-0.1, -0.05) is 21.6 Å². The Hall–Kier alpha value is -1.07. The average Bonchev–Trinajstić information content (AvgIpc) is 2.34. The molecule has 0 unspecified atom stereocenters. The standard InChI is InChI=1S/C10H16N2O6S3/c1-5(13)11-7(9(15)16)3-19-21-20-4-8(10(17)18)12-6(2)14/h7-8H,3-4H2,1-2H3,(H,11,13)(H,12,14)(H,15,16)(H,17,18)/t7-,8+. The highest BCUT2D eigenvalue weighted by Gasteiger charge is 2.20. The van der Waals surface area contributed by atoms with Crippen molar-refractivity contribution in [3.63, 3.8) is 0 Å². The van der Waals surface area contributed by atoms with Gasteiger partial charge < -0.3 is 20.8 Å². The van der Waals surface area contributed by atoms with Gasteiger partial charge in [0.1, 0.15) is 12.1 Å². The summed E-state index contributed by atoms with van der Waals surface area (Å²) in [6.45, 7) is 2.46. The highest BCUT2D eigenvalue weighted by molar-refractivity contribution is 9.09. The third kappa shape index (κ3) is 10.3. The van der Waals surface area contributed by atoms with Crippen LogP contribution < -0.4 is 10.6 Å². The van der Waals surface area contributed by atoms with Gasteiger partial charge in [-0.05, 0) is 9.83 Å². The van der Waals surface area contributed by atoms with Gasteiger partial charge in [0.2, 0.25) is 11.8 Å². The highest BCUT2D eigenvalue weighted by Crippen LogP contribution is 2.35. The Balaban J connectivity index is 4.01. The molecular formula is C10H16N2O6S3. The summed E-state index contributed by atoms with van der Waals surface area (Å²) in [5.74, 6) is -2.85. The predicted molar refractivity (Wildman–Crippen MR) is 83.0 cm³/mol. The molecule has 0 aliphatic carbocycles. The zero-order valence-electron chi connectivity index (χ0n) is 11.3. The van der Waals surface area contributed by atoms with Crippen molar-refractivity contribution < 1.29 is 29.4 Å². The maximum absolute atomic E-state index is 10.8. The number of carbonyl (C=O) groups is 4. The molecule has 21 heavy (non-hydrogen) atoms. The van der Waals surface area contributed by atoms with Crippen LogP contribution in [0.1, 0.15) is 13.8 Å². The summed E-state index contributed by atoms with van der Waals surface area (Å²) in [6, 6.07) is -1.99. The van der Waals surface area contributed by atoms with Crippen molar-refractivity contribution >= 4 is 55.2 Å². The van der Waals surface area contributed by atoms with Crippen molar-refractivity contribution in [3.05, 3.63) is 0 Å². The minimum Gasteiger partial charge on any atom is -0.480 e. The molecule has 0 heterocycles. The number of nitrogens with one attached hydrogen (secondary N) is 2. The van der Waals surface area contributed by atoms with E-state index in [2.05, 4.69) is 10.6 Å².